The van der Waals surface area contributed by atoms with Crippen molar-refractivity contribution in [3.05, 3.63) is 54.0 Å². The number of nitrogens with one attached hydrogen (secondary N) is 1. The first-order valence-electron chi connectivity index (χ1n) is 7.13. The Hall–Kier alpha value is -2.78. The summed E-state index contributed by atoms with van der Waals surface area (Å²) in [7, 11) is 0. The highest BCUT2D eigenvalue weighted by atomic mass is 16.5. The predicted octanol–water partition coefficient (Wildman–Crippen LogP) is 1.94. The molecule has 0 saturated heterocycles. The van der Waals surface area contributed by atoms with Gasteiger partial charge in [-0.25, -0.2) is 0 Å². The molecule has 6 heteroatoms. The highest BCUT2D eigenvalue weighted by molar-refractivity contribution is 5.80. The van der Waals surface area contributed by atoms with Gasteiger partial charge in [-0.15, -0.1) is 0 Å². The van der Waals surface area contributed by atoms with Crippen LogP contribution in [0.1, 0.15) is 25.2 Å². The van der Waals surface area contributed by atoms with E-state index in [0.717, 1.165) is 0 Å². The van der Waals surface area contributed by atoms with Crippen LogP contribution in [0.4, 0.5) is 0 Å². The van der Waals surface area contributed by atoms with E-state index >= 15 is 0 Å². The van der Waals surface area contributed by atoms with Crippen LogP contribution in [0.5, 0.6) is 5.75 Å². The van der Waals surface area contributed by atoms with E-state index in [-0.39, 0.29) is 12.5 Å². The van der Waals surface area contributed by atoms with E-state index in [2.05, 4.69) is 5.32 Å². The molecule has 0 radical (unpaired) electrons. The minimum Gasteiger partial charge on any atom is -0.481 e. The van der Waals surface area contributed by atoms with Gasteiger partial charge < -0.3 is 19.6 Å². The molecule has 2 N–H and O–H groups in total. The van der Waals surface area contributed by atoms with Crippen LogP contribution in [-0.4, -0.2) is 23.7 Å². The summed E-state index contributed by atoms with van der Waals surface area (Å²) in [6.45, 7) is 3.16. The average Bonchev–Trinajstić information content (AvgIpc) is 3.08. The van der Waals surface area contributed by atoms with E-state index in [1.165, 1.54) is 6.26 Å². The zero-order valence-corrected chi connectivity index (χ0v) is 12.9. The van der Waals surface area contributed by atoms with Gasteiger partial charge in [0, 0.05) is 0 Å². The first-order chi connectivity index (χ1) is 10.9. The van der Waals surface area contributed by atoms with Crippen LogP contribution in [0.15, 0.2) is 47.1 Å². The Bertz CT molecular complexity index is 684. The molecule has 0 bridgehead atoms. The number of hydrogen-bond acceptors (Lipinski definition) is 5. The third-order valence-corrected chi connectivity index (χ3v) is 3.32. The van der Waals surface area contributed by atoms with Crippen molar-refractivity contribution in [2.24, 2.45) is 0 Å². The summed E-state index contributed by atoms with van der Waals surface area (Å²) in [5.41, 5.74) is -0.781. The molecular weight excluding hydrogens is 296 g/mol. The standard InChI is InChI=1S/C17H18N2O4/c1-12(23-14-7-5-13(10-18)6-8-14)16(20)19-11-17(2,21)15-4-3-9-22-15/h3-9,12,21H,11H2,1-2H3,(H,19,20). The SMILES string of the molecule is CC(Oc1ccc(C#N)cc1)C(=O)NCC(C)(O)c1ccco1. The molecule has 1 aromatic heterocycles. The second-order valence-corrected chi connectivity index (χ2v) is 5.37. The van der Waals surface area contributed by atoms with Crippen molar-refractivity contribution in [2.75, 3.05) is 6.54 Å². The number of carbonyl (C=O) groups is 1. The van der Waals surface area contributed by atoms with Crippen molar-refractivity contribution >= 4 is 5.91 Å². The van der Waals surface area contributed by atoms with E-state index in [4.69, 9.17) is 14.4 Å². The molecule has 1 aromatic carbocycles. The number of benzene rings is 1. The Morgan fingerprint density at radius 2 is 2.13 bits per heavy atom. The molecule has 0 aliphatic carbocycles. The van der Waals surface area contributed by atoms with E-state index < -0.39 is 11.7 Å². The van der Waals surface area contributed by atoms with Crippen LogP contribution in [0.2, 0.25) is 0 Å². The van der Waals surface area contributed by atoms with Crippen LogP contribution in [0.3, 0.4) is 0 Å². The smallest absolute Gasteiger partial charge is 0.260 e. The van der Waals surface area contributed by atoms with Crippen molar-refractivity contribution in [1.82, 2.24) is 5.32 Å². The van der Waals surface area contributed by atoms with E-state index in [1.54, 1.807) is 50.2 Å². The number of nitriles is 1. The third-order valence-electron chi connectivity index (χ3n) is 3.32. The summed E-state index contributed by atoms with van der Waals surface area (Å²) in [5, 5.41) is 21.6. The largest absolute Gasteiger partial charge is 0.481 e. The predicted molar refractivity (Wildman–Crippen MR) is 82.5 cm³/mol. The van der Waals surface area contributed by atoms with Crippen molar-refractivity contribution in [2.45, 2.75) is 25.6 Å². The number of ether oxygens (including phenoxy) is 1. The van der Waals surface area contributed by atoms with Crippen molar-refractivity contribution in [1.29, 1.82) is 5.26 Å². The number of carbonyl (C=O) groups excluding carboxylic acids is 1. The molecular formula is C17H18N2O4. The van der Waals surface area contributed by atoms with Gasteiger partial charge in [-0.1, -0.05) is 0 Å². The highest BCUT2D eigenvalue weighted by Gasteiger charge is 2.28. The van der Waals surface area contributed by atoms with Gasteiger partial charge in [-0.05, 0) is 50.2 Å². The van der Waals surface area contributed by atoms with Crippen LogP contribution < -0.4 is 10.1 Å². The first-order valence-corrected chi connectivity index (χ1v) is 7.13. The molecule has 23 heavy (non-hydrogen) atoms. The summed E-state index contributed by atoms with van der Waals surface area (Å²) in [6, 6.07) is 11.8. The Morgan fingerprint density at radius 1 is 1.43 bits per heavy atom. The summed E-state index contributed by atoms with van der Waals surface area (Å²) < 4.78 is 10.7. The average molecular weight is 314 g/mol. The summed E-state index contributed by atoms with van der Waals surface area (Å²) in [5.74, 6) is 0.504. The fraction of sp³-hybridized carbons (Fsp3) is 0.294. The third kappa shape index (κ3) is 4.34. The molecule has 2 atom stereocenters. The van der Waals surface area contributed by atoms with Crippen LogP contribution >= 0.6 is 0 Å². The van der Waals surface area contributed by atoms with Gasteiger partial charge in [-0.2, -0.15) is 5.26 Å². The Kier molecular flexibility index (Phi) is 5.04. The second kappa shape index (κ2) is 6.99. The Balaban J connectivity index is 1.88. The van der Waals surface area contributed by atoms with Crippen LogP contribution in [0, 0.1) is 11.3 Å². The fourth-order valence-electron chi connectivity index (χ4n) is 1.94. The summed E-state index contributed by atoms with van der Waals surface area (Å²) in [4.78, 5) is 12.1. The molecule has 2 rings (SSSR count). The first kappa shape index (κ1) is 16.6. The minimum atomic E-state index is -1.30. The van der Waals surface area contributed by atoms with Gasteiger partial charge in [0.25, 0.3) is 5.91 Å². The van der Waals surface area contributed by atoms with Crippen molar-refractivity contribution in [3.8, 4) is 11.8 Å². The molecule has 0 aliphatic heterocycles. The molecule has 1 heterocycles. The molecule has 0 aliphatic rings. The zero-order chi connectivity index (χ0) is 16.9. The van der Waals surface area contributed by atoms with Crippen LogP contribution in [0.25, 0.3) is 0 Å². The number of rotatable bonds is 6. The lowest BCUT2D eigenvalue weighted by molar-refractivity contribution is -0.128. The second-order valence-electron chi connectivity index (χ2n) is 5.37. The number of amides is 1. The lowest BCUT2D eigenvalue weighted by Gasteiger charge is -2.22. The lowest BCUT2D eigenvalue weighted by Crippen LogP contribution is -2.43. The maximum Gasteiger partial charge on any atom is 0.260 e. The monoisotopic (exact) mass is 314 g/mol. The Labute approximate surface area is 134 Å². The molecule has 0 fully saturated rings. The minimum absolute atomic E-state index is 0.000414. The van der Waals surface area contributed by atoms with Gasteiger partial charge in [0.2, 0.25) is 0 Å². The van der Waals surface area contributed by atoms with Crippen molar-refractivity contribution in [3.63, 3.8) is 0 Å². The number of hydrogen-bond donors (Lipinski definition) is 2. The topological polar surface area (TPSA) is 95.5 Å². The van der Waals surface area contributed by atoms with Crippen LogP contribution in [-0.2, 0) is 10.4 Å². The van der Waals surface area contributed by atoms with E-state index in [9.17, 15) is 9.90 Å². The fourth-order valence-corrected chi connectivity index (χ4v) is 1.94. The molecule has 0 spiro atoms. The zero-order valence-electron chi connectivity index (χ0n) is 12.9. The van der Waals surface area contributed by atoms with E-state index in [1.807, 2.05) is 6.07 Å². The molecule has 120 valence electrons. The van der Waals surface area contributed by atoms with Gasteiger partial charge in [0.05, 0.1) is 24.4 Å². The van der Waals surface area contributed by atoms with Gasteiger partial charge >= 0.3 is 0 Å². The molecule has 2 aromatic rings. The summed E-state index contributed by atoms with van der Waals surface area (Å²) >= 11 is 0. The number of nitrogens with zero attached hydrogens (tertiary/aromatic N) is 1. The van der Waals surface area contributed by atoms with Crippen molar-refractivity contribution < 1.29 is 19.1 Å². The maximum atomic E-state index is 12.1. The molecule has 6 nitrogen and oxygen atoms in total. The van der Waals surface area contributed by atoms with E-state index in [0.29, 0.717) is 17.1 Å². The van der Waals surface area contributed by atoms with Gasteiger partial charge in [0.1, 0.15) is 17.1 Å². The Morgan fingerprint density at radius 3 is 2.70 bits per heavy atom. The molecule has 1 amide bonds. The normalized spacial score (nSPS) is 14.3. The van der Waals surface area contributed by atoms with Gasteiger partial charge in [-0.3, -0.25) is 4.79 Å². The number of aliphatic hydroxyl groups is 1. The number of furan rings is 1. The quantitative estimate of drug-likeness (QED) is 0.849. The van der Waals surface area contributed by atoms with Gasteiger partial charge in [0.15, 0.2) is 6.10 Å². The molecule has 2 unspecified atom stereocenters. The summed E-state index contributed by atoms with van der Waals surface area (Å²) in [6.07, 6.45) is 0.720. The maximum absolute atomic E-state index is 12.1. The lowest BCUT2D eigenvalue weighted by atomic mass is 10.0. The molecule has 0 saturated carbocycles. The highest BCUT2D eigenvalue weighted by Crippen LogP contribution is 2.20.